The van der Waals surface area contributed by atoms with Crippen LogP contribution in [0.4, 0.5) is 5.69 Å². The molecule has 1 unspecified atom stereocenters. The summed E-state index contributed by atoms with van der Waals surface area (Å²) in [5.74, 6) is -0.457. The van der Waals surface area contributed by atoms with Gasteiger partial charge in [-0.15, -0.1) is 0 Å². The summed E-state index contributed by atoms with van der Waals surface area (Å²) in [7, 11) is 0. The standard InChI is InChI=1S/C20H21ClN2O2/c1-2-14-7-9-17(10-8-14)22-20(25)16-11-19(24)23(13-16)12-15-5-3-4-6-18(15)21/h3-10,16H,2,11-13H2,1H3,(H,22,25). The van der Waals surface area contributed by atoms with E-state index in [2.05, 4.69) is 12.2 Å². The molecule has 1 saturated heterocycles. The van der Waals surface area contributed by atoms with Crippen molar-refractivity contribution in [1.82, 2.24) is 4.90 Å². The predicted molar refractivity (Wildman–Crippen MR) is 99.4 cm³/mol. The van der Waals surface area contributed by atoms with E-state index in [1.165, 1.54) is 5.56 Å². The molecule has 0 saturated carbocycles. The summed E-state index contributed by atoms with van der Waals surface area (Å²) in [6, 6.07) is 15.3. The van der Waals surface area contributed by atoms with Crippen molar-refractivity contribution in [3.8, 4) is 0 Å². The molecule has 1 heterocycles. The van der Waals surface area contributed by atoms with Crippen molar-refractivity contribution in [3.63, 3.8) is 0 Å². The quantitative estimate of drug-likeness (QED) is 0.883. The number of carbonyl (C=O) groups excluding carboxylic acids is 2. The van der Waals surface area contributed by atoms with Crippen molar-refractivity contribution in [2.45, 2.75) is 26.3 Å². The molecule has 0 spiro atoms. The third-order valence-electron chi connectivity index (χ3n) is 4.53. The molecule has 1 aliphatic heterocycles. The second kappa shape index (κ2) is 7.70. The van der Waals surface area contributed by atoms with E-state index in [9.17, 15) is 9.59 Å². The maximum absolute atomic E-state index is 12.5. The number of aryl methyl sites for hydroxylation is 1. The van der Waals surface area contributed by atoms with Crippen molar-refractivity contribution in [3.05, 3.63) is 64.7 Å². The van der Waals surface area contributed by atoms with Crippen molar-refractivity contribution >= 4 is 29.1 Å². The second-order valence-electron chi connectivity index (χ2n) is 6.31. The largest absolute Gasteiger partial charge is 0.337 e. The monoisotopic (exact) mass is 356 g/mol. The first-order valence-electron chi connectivity index (χ1n) is 8.47. The van der Waals surface area contributed by atoms with Gasteiger partial charge in [-0.2, -0.15) is 0 Å². The molecule has 4 nitrogen and oxygen atoms in total. The molecule has 2 amide bonds. The molecule has 1 N–H and O–H groups in total. The lowest BCUT2D eigenvalue weighted by molar-refractivity contribution is -0.128. The Morgan fingerprint density at radius 1 is 1.20 bits per heavy atom. The average molecular weight is 357 g/mol. The van der Waals surface area contributed by atoms with E-state index in [1.54, 1.807) is 4.90 Å². The molecule has 3 rings (SSSR count). The number of carbonyl (C=O) groups is 2. The van der Waals surface area contributed by atoms with E-state index in [0.717, 1.165) is 17.7 Å². The van der Waals surface area contributed by atoms with Crippen LogP contribution in [0.15, 0.2) is 48.5 Å². The minimum Gasteiger partial charge on any atom is -0.337 e. The van der Waals surface area contributed by atoms with Gasteiger partial charge in [-0.3, -0.25) is 9.59 Å². The summed E-state index contributed by atoms with van der Waals surface area (Å²) < 4.78 is 0. The molecule has 25 heavy (non-hydrogen) atoms. The van der Waals surface area contributed by atoms with Crippen molar-refractivity contribution < 1.29 is 9.59 Å². The first-order chi connectivity index (χ1) is 12.1. The molecule has 0 radical (unpaired) electrons. The van der Waals surface area contributed by atoms with Gasteiger partial charge in [0.25, 0.3) is 0 Å². The molecule has 0 aliphatic carbocycles. The number of amides is 2. The number of anilines is 1. The van der Waals surface area contributed by atoms with Gasteiger partial charge < -0.3 is 10.2 Å². The number of hydrogen-bond donors (Lipinski definition) is 1. The molecule has 0 bridgehead atoms. The lowest BCUT2D eigenvalue weighted by atomic mass is 10.1. The molecule has 2 aromatic carbocycles. The van der Waals surface area contributed by atoms with Gasteiger partial charge in [0.15, 0.2) is 0 Å². The zero-order chi connectivity index (χ0) is 17.8. The molecule has 0 aromatic heterocycles. The summed E-state index contributed by atoms with van der Waals surface area (Å²) >= 11 is 6.16. The Balaban J connectivity index is 1.61. The fourth-order valence-electron chi connectivity index (χ4n) is 3.00. The summed E-state index contributed by atoms with van der Waals surface area (Å²) in [5, 5.41) is 3.55. The first-order valence-corrected chi connectivity index (χ1v) is 8.85. The van der Waals surface area contributed by atoms with Gasteiger partial charge in [-0.05, 0) is 35.7 Å². The van der Waals surface area contributed by atoms with Crippen molar-refractivity contribution in [2.75, 3.05) is 11.9 Å². The third-order valence-corrected chi connectivity index (χ3v) is 4.90. The number of nitrogens with zero attached hydrogens (tertiary/aromatic N) is 1. The zero-order valence-electron chi connectivity index (χ0n) is 14.2. The Morgan fingerprint density at radius 2 is 1.92 bits per heavy atom. The van der Waals surface area contributed by atoms with Crippen LogP contribution in [0.5, 0.6) is 0 Å². The predicted octanol–water partition coefficient (Wildman–Crippen LogP) is 3.89. The number of nitrogens with one attached hydrogen (secondary N) is 1. The number of likely N-dealkylation sites (tertiary alicyclic amines) is 1. The van der Waals surface area contributed by atoms with Crippen LogP contribution in [0.25, 0.3) is 0 Å². The number of benzene rings is 2. The fraction of sp³-hybridized carbons (Fsp3) is 0.300. The molecule has 1 atom stereocenters. The SMILES string of the molecule is CCc1ccc(NC(=O)C2CC(=O)N(Cc3ccccc3Cl)C2)cc1. The van der Waals surface area contributed by atoms with E-state index in [0.29, 0.717) is 18.1 Å². The maximum atomic E-state index is 12.5. The molecule has 2 aromatic rings. The van der Waals surface area contributed by atoms with Crippen LogP contribution in [0.2, 0.25) is 5.02 Å². The van der Waals surface area contributed by atoms with Gasteiger partial charge >= 0.3 is 0 Å². The fourth-order valence-corrected chi connectivity index (χ4v) is 3.20. The zero-order valence-corrected chi connectivity index (χ0v) is 14.9. The molecule has 5 heteroatoms. The van der Waals surface area contributed by atoms with E-state index in [4.69, 9.17) is 11.6 Å². The van der Waals surface area contributed by atoms with Gasteiger partial charge in [-0.1, -0.05) is 48.9 Å². The number of hydrogen-bond acceptors (Lipinski definition) is 2. The van der Waals surface area contributed by atoms with Crippen LogP contribution in [0.1, 0.15) is 24.5 Å². The Kier molecular flexibility index (Phi) is 5.39. The first kappa shape index (κ1) is 17.5. The van der Waals surface area contributed by atoms with Gasteiger partial charge in [0.2, 0.25) is 11.8 Å². The highest BCUT2D eigenvalue weighted by molar-refractivity contribution is 6.31. The van der Waals surface area contributed by atoms with Gasteiger partial charge in [0.05, 0.1) is 5.92 Å². The van der Waals surface area contributed by atoms with E-state index in [-0.39, 0.29) is 24.2 Å². The Morgan fingerprint density at radius 3 is 2.60 bits per heavy atom. The Labute approximate surface area is 152 Å². The van der Waals surface area contributed by atoms with E-state index < -0.39 is 0 Å². The smallest absolute Gasteiger partial charge is 0.229 e. The highest BCUT2D eigenvalue weighted by Gasteiger charge is 2.34. The summed E-state index contributed by atoms with van der Waals surface area (Å²) in [4.78, 5) is 26.4. The number of halogens is 1. The molecular formula is C20H21ClN2O2. The van der Waals surface area contributed by atoms with Crippen molar-refractivity contribution in [1.29, 1.82) is 0 Å². The lowest BCUT2D eigenvalue weighted by Crippen LogP contribution is -2.28. The van der Waals surface area contributed by atoms with Crippen LogP contribution >= 0.6 is 11.6 Å². The molecule has 1 aliphatic rings. The van der Waals surface area contributed by atoms with Crippen LogP contribution in [0.3, 0.4) is 0 Å². The Hall–Kier alpha value is -2.33. The number of rotatable bonds is 5. The van der Waals surface area contributed by atoms with E-state index in [1.807, 2.05) is 48.5 Å². The minimum atomic E-state index is -0.333. The second-order valence-corrected chi connectivity index (χ2v) is 6.71. The molecular weight excluding hydrogens is 336 g/mol. The minimum absolute atomic E-state index is 0.0126. The highest BCUT2D eigenvalue weighted by Crippen LogP contribution is 2.24. The summed E-state index contributed by atoms with van der Waals surface area (Å²) in [6.07, 6.45) is 1.20. The average Bonchev–Trinajstić information content (AvgIpc) is 2.98. The molecule has 130 valence electrons. The van der Waals surface area contributed by atoms with Crippen LogP contribution < -0.4 is 5.32 Å². The third kappa shape index (κ3) is 4.20. The van der Waals surface area contributed by atoms with Crippen LogP contribution in [0, 0.1) is 5.92 Å². The highest BCUT2D eigenvalue weighted by atomic mass is 35.5. The van der Waals surface area contributed by atoms with E-state index >= 15 is 0 Å². The van der Waals surface area contributed by atoms with Crippen LogP contribution in [-0.2, 0) is 22.6 Å². The van der Waals surface area contributed by atoms with Gasteiger partial charge in [0.1, 0.15) is 0 Å². The summed E-state index contributed by atoms with van der Waals surface area (Å²) in [6.45, 7) is 2.95. The topological polar surface area (TPSA) is 49.4 Å². The van der Waals surface area contributed by atoms with Crippen LogP contribution in [-0.4, -0.2) is 23.3 Å². The normalized spacial score (nSPS) is 17.0. The lowest BCUT2D eigenvalue weighted by Gasteiger charge is -2.17. The van der Waals surface area contributed by atoms with Gasteiger partial charge in [-0.25, -0.2) is 0 Å². The summed E-state index contributed by atoms with van der Waals surface area (Å²) in [5.41, 5.74) is 2.88. The molecule has 1 fully saturated rings. The van der Waals surface area contributed by atoms with Gasteiger partial charge in [0, 0.05) is 30.2 Å². The maximum Gasteiger partial charge on any atom is 0.229 e. The van der Waals surface area contributed by atoms with Crippen molar-refractivity contribution in [2.24, 2.45) is 5.92 Å². The Bertz CT molecular complexity index is 774.